The lowest BCUT2D eigenvalue weighted by molar-refractivity contribution is -0.130. The van der Waals surface area contributed by atoms with Gasteiger partial charge in [-0.2, -0.15) is 0 Å². The van der Waals surface area contributed by atoms with Crippen LogP contribution in [0.3, 0.4) is 0 Å². The van der Waals surface area contributed by atoms with Crippen LogP contribution in [0.1, 0.15) is 12.0 Å². The number of rotatable bonds is 4. The Bertz CT molecular complexity index is 561. The minimum Gasteiger partial charge on any atom is -0.373 e. The van der Waals surface area contributed by atoms with E-state index < -0.39 is 0 Å². The fraction of sp³-hybridized carbons (Fsp3) is 0.588. The molecule has 1 amide bonds. The number of amides is 1. The minimum atomic E-state index is -0.332. The van der Waals surface area contributed by atoms with E-state index in [2.05, 4.69) is 46.4 Å². The summed E-state index contributed by atoms with van der Waals surface area (Å²) < 4.78 is 5.86. The van der Waals surface area contributed by atoms with E-state index in [0.717, 1.165) is 19.5 Å². The number of benzene rings is 1. The lowest BCUT2D eigenvalue weighted by Gasteiger charge is -2.22. The third kappa shape index (κ3) is 2.71. The number of para-hydroxylation sites is 1. The third-order valence-electron chi connectivity index (χ3n) is 4.71. The van der Waals surface area contributed by atoms with E-state index in [1.165, 1.54) is 11.3 Å². The molecule has 0 unspecified atom stereocenters. The molecule has 5 nitrogen and oxygen atoms in total. The minimum absolute atomic E-state index is 0.0192. The molecule has 22 heavy (non-hydrogen) atoms. The summed E-state index contributed by atoms with van der Waals surface area (Å²) in [7, 11) is 6.11. The van der Waals surface area contributed by atoms with Gasteiger partial charge in [-0.3, -0.25) is 4.79 Å². The van der Waals surface area contributed by atoms with Gasteiger partial charge in [-0.05, 0) is 32.1 Å². The molecule has 3 rings (SSSR count). The molecule has 2 atom stereocenters. The maximum Gasteiger partial charge on any atom is 0.249 e. The number of anilines is 1. The van der Waals surface area contributed by atoms with E-state index in [1.807, 2.05) is 14.1 Å². The Balaban J connectivity index is 1.67. The first-order valence-electron chi connectivity index (χ1n) is 7.86. The molecule has 1 aromatic rings. The van der Waals surface area contributed by atoms with E-state index in [1.54, 1.807) is 0 Å². The van der Waals surface area contributed by atoms with Crippen LogP contribution in [0, 0.1) is 0 Å². The highest BCUT2D eigenvalue weighted by molar-refractivity contribution is 5.81. The molecule has 5 heteroatoms. The Hall–Kier alpha value is -1.59. The number of carbonyl (C=O) groups is 1. The van der Waals surface area contributed by atoms with Crippen LogP contribution in [-0.4, -0.2) is 64.3 Å². The summed E-state index contributed by atoms with van der Waals surface area (Å²) >= 11 is 0. The summed E-state index contributed by atoms with van der Waals surface area (Å²) in [6.45, 7) is 3.05. The van der Waals surface area contributed by atoms with Crippen LogP contribution in [0.4, 0.5) is 5.69 Å². The van der Waals surface area contributed by atoms with Crippen LogP contribution >= 0.6 is 0 Å². The molecule has 0 saturated carbocycles. The van der Waals surface area contributed by atoms with Crippen LogP contribution < -0.4 is 10.2 Å². The fourth-order valence-electron chi connectivity index (χ4n) is 3.59. The molecule has 1 N–H and O–H groups in total. The van der Waals surface area contributed by atoms with Crippen LogP contribution in [0.15, 0.2) is 24.3 Å². The largest absolute Gasteiger partial charge is 0.373 e. The zero-order chi connectivity index (χ0) is 15.7. The van der Waals surface area contributed by atoms with Crippen LogP contribution in [0.2, 0.25) is 0 Å². The number of ether oxygens (including phenoxy) is 1. The zero-order valence-corrected chi connectivity index (χ0v) is 13.6. The number of nitrogens with zero attached hydrogens (tertiary/aromatic N) is 2. The molecule has 1 spiro atoms. The monoisotopic (exact) mass is 303 g/mol. The number of likely N-dealkylation sites (N-methyl/N-ethyl adjacent to an activating group) is 2. The summed E-state index contributed by atoms with van der Waals surface area (Å²) in [4.78, 5) is 16.6. The molecule has 1 saturated heterocycles. The molecule has 2 aliphatic rings. The van der Waals surface area contributed by atoms with Crippen molar-refractivity contribution in [2.24, 2.45) is 0 Å². The summed E-state index contributed by atoms with van der Waals surface area (Å²) in [5.41, 5.74) is 2.55. The molecule has 2 aliphatic heterocycles. The lowest BCUT2D eigenvalue weighted by Crippen LogP contribution is -2.39. The number of hydrogen-bond acceptors (Lipinski definition) is 4. The first-order valence-corrected chi connectivity index (χ1v) is 7.86. The maximum absolute atomic E-state index is 12.3. The molecule has 1 fully saturated rings. The van der Waals surface area contributed by atoms with Gasteiger partial charge < -0.3 is 19.9 Å². The third-order valence-corrected chi connectivity index (χ3v) is 4.71. The normalized spacial score (nSPS) is 26.7. The highest BCUT2D eigenvalue weighted by Crippen LogP contribution is 2.46. The Labute approximate surface area is 132 Å². The molecule has 120 valence electrons. The Morgan fingerprint density at radius 1 is 1.45 bits per heavy atom. The molecule has 0 radical (unpaired) electrons. The molecule has 0 bridgehead atoms. The lowest BCUT2D eigenvalue weighted by atomic mass is 9.80. The van der Waals surface area contributed by atoms with E-state index in [9.17, 15) is 4.79 Å². The highest BCUT2D eigenvalue weighted by Gasteiger charge is 2.49. The van der Waals surface area contributed by atoms with Crippen molar-refractivity contribution in [2.45, 2.75) is 17.9 Å². The Morgan fingerprint density at radius 3 is 3.00 bits per heavy atom. The second kappa shape index (κ2) is 5.89. The quantitative estimate of drug-likeness (QED) is 0.895. The topological polar surface area (TPSA) is 44.8 Å². The van der Waals surface area contributed by atoms with Crippen LogP contribution in [0.5, 0.6) is 0 Å². The van der Waals surface area contributed by atoms with Gasteiger partial charge in [0.05, 0.1) is 6.61 Å². The molecule has 0 aliphatic carbocycles. The summed E-state index contributed by atoms with van der Waals surface area (Å²) in [6.07, 6.45) is 0.434. The van der Waals surface area contributed by atoms with Gasteiger partial charge in [-0.15, -0.1) is 0 Å². The molecule has 0 aromatic heterocycles. The summed E-state index contributed by atoms with van der Waals surface area (Å²) in [5.74, 6) is 0.0192. The molecular weight excluding hydrogens is 278 g/mol. The maximum atomic E-state index is 12.3. The van der Waals surface area contributed by atoms with Crippen LogP contribution in [-0.2, 0) is 14.9 Å². The van der Waals surface area contributed by atoms with Gasteiger partial charge in [0.25, 0.3) is 0 Å². The van der Waals surface area contributed by atoms with Crippen molar-refractivity contribution in [2.75, 3.05) is 52.3 Å². The van der Waals surface area contributed by atoms with E-state index in [4.69, 9.17) is 4.74 Å². The predicted octanol–water partition coefficient (Wildman–Crippen LogP) is 0.841. The van der Waals surface area contributed by atoms with Crippen molar-refractivity contribution in [3.63, 3.8) is 0 Å². The van der Waals surface area contributed by atoms with Crippen LogP contribution in [0.25, 0.3) is 0 Å². The predicted molar refractivity (Wildman–Crippen MR) is 87.3 cm³/mol. The highest BCUT2D eigenvalue weighted by atomic mass is 16.5. The standard InChI is InChI=1S/C17H25N3O2/c1-19(2)9-8-18-16(21)15-10-17(12-22-15)11-20(3)14-7-5-4-6-13(14)17/h4-7,15H,8-12H2,1-3H3,(H,18,21)/t15-,17-/m1/s1. The Kier molecular flexibility index (Phi) is 4.10. The van der Waals surface area contributed by atoms with Crippen molar-refractivity contribution in [1.82, 2.24) is 10.2 Å². The van der Waals surface area contributed by atoms with Gasteiger partial charge in [0.2, 0.25) is 5.91 Å². The number of hydrogen-bond donors (Lipinski definition) is 1. The fourth-order valence-corrected chi connectivity index (χ4v) is 3.59. The molecule has 1 aromatic carbocycles. The average Bonchev–Trinajstić information content (AvgIpc) is 3.03. The van der Waals surface area contributed by atoms with E-state index in [-0.39, 0.29) is 17.4 Å². The zero-order valence-electron chi connectivity index (χ0n) is 13.6. The number of nitrogens with one attached hydrogen (secondary N) is 1. The van der Waals surface area contributed by atoms with Gasteiger partial charge in [-0.25, -0.2) is 0 Å². The van der Waals surface area contributed by atoms with Crippen molar-refractivity contribution in [1.29, 1.82) is 0 Å². The SMILES string of the molecule is CN(C)CCNC(=O)[C@H]1C[C@]2(CO1)CN(C)c1ccccc12. The van der Waals surface area contributed by atoms with Crippen molar-refractivity contribution < 1.29 is 9.53 Å². The van der Waals surface area contributed by atoms with Gasteiger partial charge in [-0.1, -0.05) is 18.2 Å². The van der Waals surface area contributed by atoms with Crippen molar-refractivity contribution in [3.8, 4) is 0 Å². The number of fused-ring (bicyclic) bond motifs is 2. The Morgan fingerprint density at radius 2 is 2.23 bits per heavy atom. The second-order valence-electron chi connectivity index (χ2n) is 6.75. The molecule has 2 heterocycles. The smallest absolute Gasteiger partial charge is 0.249 e. The second-order valence-corrected chi connectivity index (χ2v) is 6.75. The van der Waals surface area contributed by atoms with E-state index >= 15 is 0 Å². The van der Waals surface area contributed by atoms with E-state index in [0.29, 0.717) is 13.2 Å². The van der Waals surface area contributed by atoms with Gasteiger partial charge >= 0.3 is 0 Å². The van der Waals surface area contributed by atoms with Gasteiger partial charge in [0.1, 0.15) is 6.10 Å². The number of carbonyl (C=O) groups excluding carboxylic acids is 1. The van der Waals surface area contributed by atoms with Gasteiger partial charge in [0.15, 0.2) is 0 Å². The average molecular weight is 303 g/mol. The summed E-state index contributed by atoms with van der Waals surface area (Å²) in [5, 5.41) is 2.98. The van der Waals surface area contributed by atoms with Gasteiger partial charge in [0, 0.05) is 37.8 Å². The first kappa shape index (κ1) is 15.3. The molecular formula is C17H25N3O2. The van der Waals surface area contributed by atoms with Crippen molar-refractivity contribution in [3.05, 3.63) is 29.8 Å². The first-order chi connectivity index (χ1) is 10.5. The summed E-state index contributed by atoms with van der Waals surface area (Å²) in [6, 6.07) is 8.46. The van der Waals surface area contributed by atoms with Crippen molar-refractivity contribution >= 4 is 11.6 Å².